The molecular formula is C10H17N3O3S. The highest BCUT2D eigenvalue weighted by Gasteiger charge is 2.09. The van der Waals surface area contributed by atoms with Crippen molar-refractivity contribution in [3.05, 3.63) is 12.4 Å². The van der Waals surface area contributed by atoms with Crippen LogP contribution in [0.2, 0.25) is 0 Å². The molecule has 1 aromatic heterocycles. The minimum absolute atomic E-state index is 0.0360. The van der Waals surface area contributed by atoms with Crippen LogP contribution in [0, 0.1) is 0 Å². The van der Waals surface area contributed by atoms with Crippen LogP contribution in [0.1, 0.15) is 26.3 Å². The van der Waals surface area contributed by atoms with E-state index in [0.29, 0.717) is 5.69 Å². The van der Waals surface area contributed by atoms with E-state index >= 15 is 0 Å². The van der Waals surface area contributed by atoms with Crippen molar-refractivity contribution in [2.45, 2.75) is 26.3 Å². The summed E-state index contributed by atoms with van der Waals surface area (Å²) in [6.07, 6.45) is 4.32. The smallest absolute Gasteiger partial charge is 0.225 e. The highest BCUT2D eigenvalue weighted by atomic mass is 32.2. The van der Waals surface area contributed by atoms with Crippen LogP contribution in [0.15, 0.2) is 12.4 Å². The molecule has 0 bridgehead atoms. The third-order valence-electron chi connectivity index (χ3n) is 2.11. The lowest BCUT2D eigenvalue weighted by atomic mass is 10.4. The molecule has 17 heavy (non-hydrogen) atoms. The van der Waals surface area contributed by atoms with E-state index < -0.39 is 9.84 Å². The Labute approximate surface area is 101 Å². The molecule has 0 aliphatic rings. The molecule has 0 radical (unpaired) electrons. The molecule has 0 aromatic carbocycles. The Morgan fingerprint density at radius 2 is 2.18 bits per heavy atom. The van der Waals surface area contributed by atoms with Gasteiger partial charge in [-0.2, -0.15) is 5.10 Å². The number of nitrogens with one attached hydrogen (secondary N) is 1. The molecule has 0 atom stereocenters. The Hall–Kier alpha value is -1.37. The van der Waals surface area contributed by atoms with E-state index in [9.17, 15) is 13.2 Å². The molecule has 0 saturated carbocycles. The predicted octanol–water partition coefficient (Wildman–Crippen LogP) is 0.837. The number of hydrogen-bond donors (Lipinski definition) is 1. The monoisotopic (exact) mass is 259 g/mol. The lowest BCUT2D eigenvalue weighted by Gasteiger charge is -2.03. The van der Waals surface area contributed by atoms with Gasteiger partial charge >= 0.3 is 0 Å². The molecular weight excluding hydrogens is 242 g/mol. The van der Waals surface area contributed by atoms with Crippen molar-refractivity contribution in [1.82, 2.24) is 9.78 Å². The minimum Gasteiger partial charge on any atom is -0.323 e. The first-order chi connectivity index (χ1) is 7.78. The van der Waals surface area contributed by atoms with E-state index in [0.717, 1.165) is 6.26 Å². The van der Waals surface area contributed by atoms with E-state index in [1.54, 1.807) is 17.1 Å². The number of hydrogen-bond acceptors (Lipinski definition) is 4. The molecule has 0 aliphatic heterocycles. The Morgan fingerprint density at radius 3 is 2.65 bits per heavy atom. The van der Waals surface area contributed by atoms with Crippen molar-refractivity contribution in [3.63, 3.8) is 0 Å². The quantitative estimate of drug-likeness (QED) is 0.849. The number of nitrogens with zero attached hydrogens (tertiary/aromatic N) is 2. The normalized spacial score (nSPS) is 11.8. The maximum Gasteiger partial charge on any atom is 0.225 e. The summed E-state index contributed by atoms with van der Waals surface area (Å²) >= 11 is 0. The topological polar surface area (TPSA) is 81.1 Å². The van der Waals surface area contributed by atoms with Gasteiger partial charge in [-0.05, 0) is 13.8 Å². The second kappa shape index (κ2) is 5.31. The lowest BCUT2D eigenvalue weighted by molar-refractivity contribution is -0.115. The summed E-state index contributed by atoms with van der Waals surface area (Å²) in [6, 6.07) is 0.219. The van der Waals surface area contributed by atoms with Gasteiger partial charge in [0.25, 0.3) is 0 Å². The third kappa shape index (κ3) is 4.99. The maximum atomic E-state index is 11.4. The maximum absolute atomic E-state index is 11.4. The molecule has 1 rings (SSSR count). The summed E-state index contributed by atoms with van der Waals surface area (Å²) in [5, 5.41) is 6.66. The number of rotatable bonds is 5. The van der Waals surface area contributed by atoms with E-state index in [2.05, 4.69) is 10.4 Å². The molecule has 6 nitrogen and oxygen atoms in total. The van der Waals surface area contributed by atoms with Gasteiger partial charge in [0.2, 0.25) is 5.91 Å². The van der Waals surface area contributed by atoms with Crippen molar-refractivity contribution in [2.75, 3.05) is 17.3 Å². The number of amides is 1. The molecule has 96 valence electrons. The number of carbonyl (C=O) groups excluding carboxylic acids is 1. The van der Waals surface area contributed by atoms with Crippen molar-refractivity contribution in [2.24, 2.45) is 0 Å². The molecule has 0 aliphatic carbocycles. The molecule has 0 spiro atoms. The van der Waals surface area contributed by atoms with Crippen LogP contribution in [0.4, 0.5) is 5.69 Å². The summed E-state index contributed by atoms with van der Waals surface area (Å²) < 4.78 is 23.5. The van der Waals surface area contributed by atoms with Gasteiger partial charge in [-0.1, -0.05) is 0 Å². The largest absolute Gasteiger partial charge is 0.323 e. The van der Waals surface area contributed by atoms with Gasteiger partial charge in [-0.25, -0.2) is 8.42 Å². The number of anilines is 1. The van der Waals surface area contributed by atoms with Crippen molar-refractivity contribution in [3.8, 4) is 0 Å². The van der Waals surface area contributed by atoms with Crippen LogP contribution >= 0.6 is 0 Å². The Morgan fingerprint density at radius 1 is 1.53 bits per heavy atom. The molecule has 1 N–H and O–H groups in total. The zero-order valence-corrected chi connectivity index (χ0v) is 11.0. The molecule has 1 heterocycles. The third-order valence-corrected chi connectivity index (χ3v) is 3.06. The lowest BCUT2D eigenvalue weighted by Crippen LogP contribution is -2.16. The number of carbonyl (C=O) groups is 1. The van der Waals surface area contributed by atoms with E-state index in [4.69, 9.17) is 0 Å². The highest BCUT2D eigenvalue weighted by Crippen LogP contribution is 2.10. The summed E-state index contributed by atoms with van der Waals surface area (Å²) in [6.45, 7) is 3.95. The zero-order valence-electron chi connectivity index (χ0n) is 10.2. The Bertz CT molecular complexity index is 491. The van der Waals surface area contributed by atoms with Crippen LogP contribution in [-0.4, -0.2) is 36.1 Å². The molecule has 1 amide bonds. The predicted molar refractivity (Wildman–Crippen MR) is 65.6 cm³/mol. The van der Waals surface area contributed by atoms with Crippen LogP contribution < -0.4 is 5.32 Å². The Kier molecular flexibility index (Phi) is 4.28. The molecule has 0 unspecified atom stereocenters. The first-order valence-corrected chi connectivity index (χ1v) is 7.36. The average Bonchev–Trinajstić information content (AvgIpc) is 2.62. The SMILES string of the molecule is CC(C)n1cc(NC(=O)CCS(C)(=O)=O)cn1. The van der Waals surface area contributed by atoms with Crippen LogP contribution in [-0.2, 0) is 14.6 Å². The fraction of sp³-hybridized carbons (Fsp3) is 0.600. The van der Waals surface area contributed by atoms with Gasteiger partial charge in [0.1, 0.15) is 9.84 Å². The number of aromatic nitrogens is 2. The van der Waals surface area contributed by atoms with Crippen molar-refractivity contribution >= 4 is 21.4 Å². The van der Waals surface area contributed by atoms with Crippen LogP contribution in [0.25, 0.3) is 0 Å². The highest BCUT2D eigenvalue weighted by molar-refractivity contribution is 7.90. The fourth-order valence-corrected chi connectivity index (χ4v) is 1.74. The van der Waals surface area contributed by atoms with Gasteiger partial charge in [0, 0.05) is 24.9 Å². The van der Waals surface area contributed by atoms with Gasteiger partial charge in [0.05, 0.1) is 17.6 Å². The van der Waals surface area contributed by atoms with Crippen molar-refractivity contribution in [1.29, 1.82) is 0 Å². The zero-order chi connectivity index (χ0) is 13.1. The van der Waals surface area contributed by atoms with Gasteiger partial charge < -0.3 is 5.32 Å². The van der Waals surface area contributed by atoms with Gasteiger partial charge in [-0.3, -0.25) is 9.48 Å². The minimum atomic E-state index is -3.10. The summed E-state index contributed by atoms with van der Waals surface area (Å²) in [4.78, 5) is 11.4. The molecule has 7 heteroatoms. The summed E-state index contributed by atoms with van der Waals surface area (Å²) in [5.74, 6) is -0.462. The van der Waals surface area contributed by atoms with Crippen LogP contribution in [0.3, 0.4) is 0 Å². The summed E-state index contributed by atoms with van der Waals surface area (Å²) in [7, 11) is -3.10. The van der Waals surface area contributed by atoms with Crippen LogP contribution in [0.5, 0.6) is 0 Å². The van der Waals surface area contributed by atoms with Gasteiger partial charge in [-0.15, -0.1) is 0 Å². The van der Waals surface area contributed by atoms with E-state index in [-0.39, 0.29) is 24.1 Å². The fourth-order valence-electron chi connectivity index (χ4n) is 1.19. The number of sulfone groups is 1. The molecule has 1 aromatic rings. The molecule has 0 saturated heterocycles. The first-order valence-electron chi connectivity index (χ1n) is 5.29. The first kappa shape index (κ1) is 13.7. The average molecular weight is 259 g/mol. The second-order valence-electron chi connectivity index (χ2n) is 4.23. The second-order valence-corrected chi connectivity index (χ2v) is 6.49. The van der Waals surface area contributed by atoms with E-state index in [1.165, 1.54) is 0 Å². The summed E-state index contributed by atoms with van der Waals surface area (Å²) in [5.41, 5.74) is 0.581. The Balaban J connectivity index is 2.51. The standard InChI is InChI=1S/C10H17N3O3S/c1-8(2)13-7-9(6-11-13)12-10(14)4-5-17(3,15)16/h6-8H,4-5H2,1-3H3,(H,12,14). The van der Waals surface area contributed by atoms with Gasteiger partial charge in [0.15, 0.2) is 0 Å². The van der Waals surface area contributed by atoms with Crippen molar-refractivity contribution < 1.29 is 13.2 Å². The van der Waals surface area contributed by atoms with E-state index in [1.807, 2.05) is 13.8 Å². The molecule has 0 fully saturated rings.